The van der Waals surface area contributed by atoms with Gasteiger partial charge in [0.05, 0.1) is 13.2 Å². The number of anilines is 1. The molecule has 0 spiro atoms. The summed E-state index contributed by atoms with van der Waals surface area (Å²) in [4.78, 5) is 25.3. The second-order valence-electron chi connectivity index (χ2n) is 7.86. The molecule has 2 amide bonds. The largest absolute Gasteiger partial charge is 0.496 e. The van der Waals surface area contributed by atoms with Crippen LogP contribution in [0, 0.1) is 11.8 Å². The Hall–Kier alpha value is -2.60. The lowest BCUT2D eigenvalue weighted by molar-refractivity contribution is -0.128. The van der Waals surface area contributed by atoms with Crippen molar-refractivity contribution in [3.8, 4) is 5.75 Å². The van der Waals surface area contributed by atoms with Gasteiger partial charge < -0.3 is 21.1 Å². The van der Waals surface area contributed by atoms with Gasteiger partial charge in [-0.05, 0) is 29.7 Å². The van der Waals surface area contributed by atoms with Crippen LogP contribution in [0.1, 0.15) is 34.1 Å². The van der Waals surface area contributed by atoms with Crippen LogP contribution >= 0.6 is 0 Å². The first-order valence-corrected chi connectivity index (χ1v) is 9.66. The van der Waals surface area contributed by atoms with Gasteiger partial charge >= 0.3 is 0 Å². The Balaban J connectivity index is 2.18. The third kappa shape index (κ3) is 5.45. The predicted molar refractivity (Wildman–Crippen MR) is 113 cm³/mol. The molecule has 152 valence electrons. The highest BCUT2D eigenvalue weighted by molar-refractivity contribution is 6.00. The van der Waals surface area contributed by atoms with Crippen LogP contribution in [0.3, 0.4) is 0 Å². The van der Waals surface area contributed by atoms with Gasteiger partial charge in [-0.15, -0.1) is 0 Å². The van der Waals surface area contributed by atoms with Crippen molar-refractivity contribution in [2.24, 2.45) is 17.6 Å². The van der Waals surface area contributed by atoms with Crippen LogP contribution < -0.4 is 21.1 Å². The van der Waals surface area contributed by atoms with Gasteiger partial charge in [-0.1, -0.05) is 52.0 Å². The van der Waals surface area contributed by atoms with E-state index in [9.17, 15) is 9.59 Å². The predicted octanol–water partition coefficient (Wildman–Crippen LogP) is 3.30. The zero-order chi connectivity index (χ0) is 20.8. The zero-order valence-corrected chi connectivity index (χ0v) is 17.3. The molecule has 0 aliphatic rings. The van der Waals surface area contributed by atoms with Crippen molar-refractivity contribution in [2.45, 2.75) is 46.2 Å². The summed E-state index contributed by atoms with van der Waals surface area (Å²) < 4.78 is 5.45. The molecule has 2 atom stereocenters. The maximum absolute atomic E-state index is 12.9. The quantitative estimate of drug-likeness (QED) is 0.650. The normalized spacial score (nSPS) is 13.4. The molecule has 0 radical (unpaired) electrons. The van der Waals surface area contributed by atoms with Crippen LogP contribution in [0.5, 0.6) is 5.75 Å². The number of methoxy groups -OCH3 is 1. The second kappa shape index (κ2) is 9.55. The molecule has 4 N–H and O–H groups in total. The smallest absolute Gasteiger partial charge is 0.247 e. The van der Waals surface area contributed by atoms with Crippen LogP contribution in [0.25, 0.3) is 10.8 Å². The molecule has 0 saturated heterocycles. The standard InChI is InChI=1S/C22H31N3O3/c1-13(2)10-18(23)21(26)25-20(14(3)4)22(27)24-16-11-15-8-6-7-9-17(15)19(12-16)28-5/h6-9,11-14,18,20H,10,23H2,1-5H3,(H,24,27)(H,25,26)/t18-,20-/m0/s1. The van der Waals surface area contributed by atoms with Gasteiger partial charge in [-0.3, -0.25) is 9.59 Å². The molecule has 0 heterocycles. The number of hydrogen-bond acceptors (Lipinski definition) is 4. The molecular weight excluding hydrogens is 354 g/mol. The van der Waals surface area contributed by atoms with Gasteiger partial charge in [-0.2, -0.15) is 0 Å². The van der Waals surface area contributed by atoms with Gasteiger partial charge in [0.15, 0.2) is 0 Å². The lowest BCUT2D eigenvalue weighted by Crippen LogP contribution is -2.52. The number of hydrogen-bond donors (Lipinski definition) is 3. The second-order valence-corrected chi connectivity index (χ2v) is 7.86. The first kappa shape index (κ1) is 21.7. The number of nitrogens with one attached hydrogen (secondary N) is 2. The SMILES string of the molecule is COc1cc(NC(=O)[C@@H](NC(=O)[C@@H](N)CC(C)C)C(C)C)cc2ccccc12. The monoisotopic (exact) mass is 385 g/mol. The maximum atomic E-state index is 12.9. The van der Waals surface area contributed by atoms with Crippen LogP contribution in [0.4, 0.5) is 5.69 Å². The molecule has 0 aliphatic heterocycles. The summed E-state index contributed by atoms with van der Waals surface area (Å²) in [5.41, 5.74) is 6.58. The minimum Gasteiger partial charge on any atom is -0.496 e. The van der Waals surface area contributed by atoms with Crippen LogP contribution in [-0.4, -0.2) is 31.0 Å². The third-order valence-electron chi connectivity index (χ3n) is 4.62. The number of fused-ring (bicyclic) bond motifs is 1. The summed E-state index contributed by atoms with van der Waals surface area (Å²) in [6.07, 6.45) is 0.570. The van der Waals surface area contributed by atoms with Gasteiger partial charge in [0.2, 0.25) is 11.8 Å². The first-order valence-electron chi connectivity index (χ1n) is 9.66. The van der Waals surface area contributed by atoms with Crippen molar-refractivity contribution in [3.05, 3.63) is 36.4 Å². The maximum Gasteiger partial charge on any atom is 0.247 e. The van der Waals surface area contributed by atoms with E-state index < -0.39 is 12.1 Å². The van der Waals surface area contributed by atoms with Crippen LogP contribution in [-0.2, 0) is 9.59 Å². The molecule has 0 aromatic heterocycles. The number of ether oxygens (including phenoxy) is 1. The van der Waals surface area contributed by atoms with Crippen molar-refractivity contribution >= 4 is 28.3 Å². The molecular formula is C22H31N3O3. The number of amides is 2. The summed E-state index contributed by atoms with van der Waals surface area (Å²) in [6.45, 7) is 7.79. The molecule has 0 saturated carbocycles. The Morgan fingerprint density at radius 1 is 1.07 bits per heavy atom. The Labute approximate surface area is 166 Å². The van der Waals surface area contributed by atoms with E-state index in [1.807, 2.05) is 58.0 Å². The Bertz CT molecular complexity index is 833. The highest BCUT2D eigenvalue weighted by Gasteiger charge is 2.27. The highest BCUT2D eigenvalue weighted by atomic mass is 16.5. The van der Waals surface area contributed by atoms with Gasteiger partial charge in [0, 0.05) is 17.1 Å². The lowest BCUT2D eigenvalue weighted by atomic mass is 10.0. The van der Waals surface area contributed by atoms with Crippen molar-refractivity contribution in [1.82, 2.24) is 5.32 Å². The summed E-state index contributed by atoms with van der Waals surface area (Å²) in [6, 6.07) is 10.2. The Kier molecular flexibility index (Phi) is 7.40. The van der Waals surface area contributed by atoms with Crippen molar-refractivity contribution in [3.63, 3.8) is 0 Å². The molecule has 2 aromatic carbocycles. The topological polar surface area (TPSA) is 93.5 Å². The fraction of sp³-hybridized carbons (Fsp3) is 0.455. The molecule has 0 fully saturated rings. The third-order valence-corrected chi connectivity index (χ3v) is 4.62. The van der Waals surface area contributed by atoms with Crippen LogP contribution in [0.15, 0.2) is 36.4 Å². The molecule has 28 heavy (non-hydrogen) atoms. The van der Waals surface area contributed by atoms with E-state index in [1.54, 1.807) is 13.2 Å². The Morgan fingerprint density at radius 3 is 2.36 bits per heavy atom. The van der Waals surface area contributed by atoms with E-state index in [1.165, 1.54) is 0 Å². The molecule has 0 aliphatic carbocycles. The molecule has 2 aromatic rings. The van der Waals surface area contributed by atoms with Crippen molar-refractivity contribution in [2.75, 3.05) is 12.4 Å². The van der Waals surface area contributed by atoms with Gasteiger partial charge in [0.1, 0.15) is 11.8 Å². The molecule has 0 bridgehead atoms. The average Bonchev–Trinajstić information content (AvgIpc) is 2.64. The summed E-state index contributed by atoms with van der Waals surface area (Å²) >= 11 is 0. The van der Waals surface area contributed by atoms with Gasteiger partial charge in [0.25, 0.3) is 0 Å². The molecule has 2 rings (SSSR count). The fourth-order valence-corrected chi connectivity index (χ4v) is 3.15. The molecule has 6 nitrogen and oxygen atoms in total. The first-order chi connectivity index (χ1) is 13.2. The average molecular weight is 386 g/mol. The summed E-state index contributed by atoms with van der Waals surface area (Å²) in [7, 11) is 1.60. The minimum absolute atomic E-state index is 0.0856. The number of carbonyl (C=O) groups excluding carboxylic acids is 2. The van der Waals surface area contributed by atoms with Crippen molar-refractivity contribution in [1.29, 1.82) is 0 Å². The minimum atomic E-state index is -0.678. The molecule has 6 heteroatoms. The highest BCUT2D eigenvalue weighted by Crippen LogP contribution is 2.29. The molecule has 0 unspecified atom stereocenters. The fourth-order valence-electron chi connectivity index (χ4n) is 3.15. The zero-order valence-electron chi connectivity index (χ0n) is 17.3. The number of rotatable bonds is 8. The lowest BCUT2D eigenvalue weighted by Gasteiger charge is -2.24. The van der Waals surface area contributed by atoms with E-state index in [0.717, 1.165) is 10.8 Å². The summed E-state index contributed by atoms with van der Waals surface area (Å²) in [5, 5.41) is 7.63. The number of nitrogens with two attached hydrogens (primary N) is 1. The van der Waals surface area contributed by atoms with Crippen molar-refractivity contribution < 1.29 is 14.3 Å². The van der Waals surface area contributed by atoms with Gasteiger partial charge in [-0.25, -0.2) is 0 Å². The van der Waals surface area contributed by atoms with E-state index >= 15 is 0 Å². The number of carbonyl (C=O) groups is 2. The van der Waals surface area contributed by atoms with E-state index in [4.69, 9.17) is 10.5 Å². The number of benzene rings is 2. The Morgan fingerprint density at radius 2 is 1.75 bits per heavy atom. The van der Waals surface area contributed by atoms with E-state index in [2.05, 4.69) is 10.6 Å². The van der Waals surface area contributed by atoms with E-state index in [-0.39, 0.29) is 17.7 Å². The van der Waals surface area contributed by atoms with E-state index in [0.29, 0.717) is 23.8 Å². The van der Waals surface area contributed by atoms with Crippen LogP contribution in [0.2, 0.25) is 0 Å². The summed E-state index contributed by atoms with van der Waals surface area (Å²) in [5.74, 6) is 0.309.